The number of rotatable bonds is 5. The Labute approximate surface area is 191 Å². The molecule has 32 heavy (non-hydrogen) atoms. The lowest BCUT2D eigenvalue weighted by molar-refractivity contribution is -0.113. The van der Waals surface area contributed by atoms with Crippen LogP contribution in [0.5, 0.6) is 0 Å². The smallest absolute Gasteiger partial charge is 0.266 e. The molecule has 1 amide bonds. The van der Waals surface area contributed by atoms with Crippen LogP contribution in [0, 0.1) is 18.6 Å². The number of hydrogen-bond donors (Lipinski definition) is 1. The molecule has 0 aliphatic carbocycles. The summed E-state index contributed by atoms with van der Waals surface area (Å²) in [4.78, 5) is 30.0. The number of fused-ring (bicyclic) bond motifs is 1. The van der Waals surface area contributed by atoms with Crippen molar-refractivity contribution in [3.63, 3.8) is 0 Å². The van der Waals surface area contributed by atoms with Gasteiger partial charge in [-0.2, -0.15) is 0 Å². The van der Waals surface area contributed by atoms with Crippen LogP contribution in [0.3, 0.4) is 0 Å². The molecule has 1 N–H and O–H groups in total. The van der Waals surface area contributed by atoms with Crippen molar-refractivity contribution >= 4 is 45.9 Å². The van der Waals surface area contributed by atoms with E-state index in [-0.39, 0.29) is 38.8 Å². The first-order valence-corrected chi connectivity index (χ1v) is 10.9. The Balaban J connectivity index is 1.49. The Bertz CT molecular complexity index is 1390. The fourth-order valence-corrected chi connectivity index (χ4v) is 4.06. The lowest BCUT2D eigenvalue weighted by atomic mass is 10.2. The second kappa shape index (κ2) is 9.10. The van der Waals surface area contributed by atoms with Crippen LogP contribution in [-0.2, 0) is 4.79 Å². The van der Waals surface area contributed by atoms with Crippen molar-refractivity contribution in [2.75, 3.05) is 11.1 Å². The number of carbonyl (C=O) groups excluding carboxylic acids is 1. The predicted molar refractivity (Wildman–Crippen MR) is 123 cm³/mol. The van der Waals surface area contributed by atoms with E-state index >= 15 is 0 Å². The number of nitrogens with zero attached hydrogens (tertiary/aromatic N) is 2. The van der Waals surface area contributed by atoms with Crippen molar-refractivity contribution < 1.29 is 13.6 Å². The lowest BCUT2D eigenvalue weighted by Crippen LogP contribution is -2.22. The van der Waals surface area contributed by atoms with E-state index in [2.05, 4.69) is 10.3 Å². The highest BCUT2D eigenvalue weighted by Crippen LogP contribution is 2.23. The number of aryl methyl sites for hydroxylation is 1. The minimum absolute atomic E-state index is 0.0431. The molecular formula is C23H16ClF2N3O2S. The minimum Gasteiger partial charge on any atom is -0.323 e. The van der Waals surface area contributed by atoms with Crippen LogP contribution in [-0.4, -0.2) is 21.2 Å². The van der Waals surface area contributed by atoms with Gasteiger partial charge in [0.25, 0.3) is 5.56 Å². The molecule has 0 aliphatic heterocycles. The molecule has 0 bridgehead atoms. The first-order chi connectivity index (χ1) is 15.3. The summed E-state index contributed by atoms with van der Waals surface area (Å²) in [7, 11) is 0. The standard InChI is InChI=1S/C23H16ClF2N3O2S/c1-13-27-22-17(3-2-4-18(22)25)23(31)29(13)15-6-8-16(9-7-15)32-12-21(30)28-20-10-5-14(24)11-19(20)26/h2-11H,12H2,1H3,(H,28,30). The second-order valence-electron chi connectivity index (χ2n) is 6.89. The molecule has 1 heterocycles. The maximum atomic E-state index is 14.0. The highest BCUT2D eigenvalue weighted by molar-refractivity contribution is 8.00. The summed E-state index contributed by atoms with van der Waals surface area (Å²) in [5, 5.41) is 2.94. The number of halogens is 3. The zero-order chi connectivity index (χ0) is 22.8. The summed E-state index contributed by atoms with van der Waals surface area (Å²) < 4.78 is 29.2. The number of anilines is 1. The third-order valence-electron chi connectivity index (χ3n) is 4.69. The molecule has 0 atom stereocenters. The summed E-state index contributed by atoms with van der Waals surface area (Å²) in [5.41, 5.74) is 0.312. The van der Waals surface area contributed by atoms with Gasteiger partial charge in [0.15, 0.2) is 0 Å². The van der Waals surface area contributed by atoms with Gasteiger partial charge in [-0.3, -0.25) is 14.2 Å². The predicted octanol–water partition coefficient (Wildman–Crippen LogP) is 5.36. The molecule has 5 nitrogen and oxygen atoms in total. The maximum absolute atomic E-state index is 14.0. The highest BCUT2D eigenvalue weighted by atomic mass is 35.5. The Morgan fingerprint density at radius 2 is 1.84 bits per heavy atom. The molecule has 9 heteroatoms. The third-order valence-corrected chi connectivity index (χ3v) is 5.93. The van der Waals surface area contributed by atoms with Gasteiger partial charge in [0.05, 0.1) is 22.5 Å². The van der Waals surface area contributed by atoms with E-state index in [0.29, 0.717) is 11.5 Å². The van der Waals surface area contributed by atoms with Crippen LogP contribution in [0.4, 0.5) is 14.5 Å². The van der Waals surface area contributed by atoms with Crippen molar-refractivity contribution in [2.24, 2.45) is 0 Å². The average molecular weight is 472 g/mol. The number of para-hydroxylation sites is 1. The zero-order valence-electron chi connectivity index (χ0n) is 16.7. The summed E-state index contributed by atoms with van der Waals surface area (Å²) in [6.07, 6.45) is 0. The van der Waals surface area contributed by atoms with Crippen LogP contribution in [0.2, 0.25) is 5.02 Å². The SMILES string of the molecule is Cc1nc2c(F)cccc2c(=O)n1-c1ccc(SCC(=O)Nc2ccc(Cl)cc2F)cc1. The van der Waals surface area contributed by atoms with Gasteiger partial charge in [-0.1, -0.05) is 17.7 Å². The van der Waals surface area contributed by atoms with Gasteiger partial charge >= 0.3 is 0 Å². The Morgan fingerprint density at radius 1 is 1.09 bits per heavy atom. The summed E-state index contributed by atoms with van der Waals surface area (Å²) in [6, 6.07) is 15.3. The van der Waals surface area contributed by atoms with Crippen LogP contribution < -0.4 is 10.9 Å². The fourth-order valence-electron chi connectivity index (χ4n) is 3.20. The van der Waals surface area contributed by atoms with Gasteiger partial charge in [-0.15, -0.1) is 11.8 Å². The number of nitrogens with one attached hydrogen (secondary N) is 1. The number of thioether (sulfide) groups is 1. The van der Waals surface area contributed by atoms with E-state index in [1.807, 2.05) is 0 Å². The molecular weight excluding hydrogens is 456 g/mol. The minimum atomic E-state index is -0.607. The third kappa shape index (κ3) is 4.51. The van der Waals surface area contributed by atoms with Gasteiger partial charge in [0, 0.05) is 9.92 Å². The topological polar surface area (TPSA) is 64.0 Å². The Hall–Kier alpha value is -3.23. The molecule has 3 aromatic carbocycles. The molecule has 0 aliphatic rings. The van der Waals surface area contributed by atoms with E-state index in [4.69, 9.17) is 11.6 Å². The molecule has 162 valence electrons. The van der Waals surface area contributed by atoms with Gasteiger partial charge in [-0.05, 0) is 61.5 Å². The Kier molecular flexibility index (Phi) is 6.25. The second-order valence-corrected chi connectivity index (χ2v) is 8.38. The van der Waals surface area contributed by atoms with Crippen molar-refractivity contribution in [3.05, 3.63) is 93.5 Å². The van der Waals surface area contributed by atoms with Crippen molar-refractivity contribution in [2.45, 2.75) is 11.8 Å². The number of carbonyl (C=O) groups is 1. The van der Waals surface area contributed by atoms with Crippen LogP contribution in [0.15, 0.2) is 70.4 Å². The van der Waals surface area contributed by atoms with E-state index < -0.39 is 11.6 Å². The average Bonchev–Trinajstić information content (AvgIpc) is 2.76. The Morgan fingerprint density at radius 3 is 2.56 bits per heavy atom. The quantitative estimate of drug-likeness (QED) is 0.398. The van der Waals surface area contributed by atoms with Crippen molar-refractivity contribution in [3.8, 4) is 5.69 Å². The molecule has 1 aromatic heterocycles. The van der Waals surface area contributed by atoms with Crippen LogP contribution >= 0.6 is 23.4 Å². The molecule has 4 rings (SSSR count). The molecule has 0 radical (unpaired) electrons. The number of aromatic nitrogens is 2. The van der Waals surface area contributed by atoms with Gasteiger partial charge in [0.2, 0.25) is 5.91 Å². The monoisotopic (exact) mass is 471 g/mol. The normalized spacial score (nSPS) is 11.0. The maximum Gasteiger partial charge on any atom is 0.266 e. The molecule has 0 fully saturated rings. The lowest BCUT2D eigenvalue weighted by Gasteiger charge is -2.12. The van der Waals surface area contributed by atoms with E-state index in [1.165, 1.54) is 46.7 Å². The largest absolute Gasteiger partial charge is 0.323 e. The zero-order valence-corrected chi connectivity index (χ0v) is 18.3. The molecule has 4 aromatic rings. The van der Waals surface area contributed by atoms with Crippen LogP contribution in [0.1, 0.15) is 5.82 Å². The molecule has 0 spiro atoms. The fraction of sp³-hybridized carbons (Fsp3) is 0.0870. The highest BCUT2D eigenvalue weighted by Gasteiger charge is 2.13. The van der Waals surface area contributed by atoms with E-state index in [0.717, 1.165) is 11.0 Å². The van der Waals surface area contributed by atoms with E-state index in [9.17, 15) is 18.4 Å². The number of amides is 1. The first-order valence-electron chi connectivity index (χ1n) is 9.49. The van der Waals surface area contributed by atoms with Gasteiger partial charge < -0.3 is 5.32 Å². The molecule has 0 saturated carbocycles. The van der Waals surface area contributed by atoms with Crippen molar-refractivity contribution in [1.29, 1.82) is 0 Å². The van der Waals surface area contributed by atoms with Gasteiger partial charge in [0.1, 0.15) is 23.0 Å². The van der Waals surface area contributed by atoms with Gasteiger partial charge in [-0.25, -0.2) is 13.8 Å². The number of benzene rings is 3. The summed E-state index contributed by atoms with van der Waals surface area (Å²) in [5.74, 6) is -1.09. The first kappa shape index (κ1) is 22.0. The number of hydrogen-bond acceptors (Lipinski definition) is 4. The summed E-state index contributed by atoms with van der Waals surface area (Å²) in [6.45, 7) is 1.64. The summed E-state index contributed by atoms with van der Waals surface area (Å²) >= 11 is 6.97. The van der Waals surface area contributed by atoms with Crippen LogP contribution in [0.25, 0.3) is 16.6 Å². The van der Waals surface area contributed by atoms with E-state index in [1.54, 1.807) is 31.2 Å². The molecule has 0 unspecified atom stereocenters. The van der Waals surface area contributed by atoms with Crippen molar-refractivity contribution in [1.82, 2.24) is 9.55 Å². The molecule has 0 saturated heterocycles.